The van der Waals surface area contributed by atoms with E-state index in [1.165, 1.54) is 0 Å². The maximum Gasteiger partial charge on any atom is 0.334 e. The molecule has 0 aromatic heterocycles. The second-order valence-electron chi connectivity index (χ2n) is 2.60. The monoisotopic (exact) mass is 298 g/mol. The van der Waals surface area contributed by atoms with E-state index in [-0.39, 0.29) is 16.9 Å². The van der Waals surface area contributed by atoms with Gasteiger partial charge in [0.1, 0.15) is 0 Å². The molecule has 0 aliphatic rings. The second kappa shape index (κ2) is 5.75. The van der Waals surface area contributed by atoms with Crippen LogP contribution in [0.4, 0.5) is 0 Å². The summed E-state index contributed by atoms with van der Waals surface area (Å²) in [5.74, 6) is -0.341. The van der Waals surface area contributed by atoms with E-state index in [1.54, 1.807) is 0 Å². The van der Waals surface area contributed by atoms with Gasteiger partial charge in [-0.2, -0.15) is 0 Å². The molecule has 0 aromatic carbocycles. The molecule has 0 fully saturated rings. The molecule has 0 heterocycles. The van der Waals surface area contributed by atoms with E-state index < -0.39 is 0 Å². The van der Waals surface area contributed by atoms with E-state index in [9.17, 15) is 4.79 Å². The quantitative estimate of drug-likeness (QED) is 0.453. The smallest absolute Gasteiger partial charge is 0.334 e. The lowest BCUT2D eigenvalue weighted by molar-refractivity contribution is -0.142. The molecular weight excluding hydrogens is 288 g/mol. The van der Waals surface area contributed by atoms with E-state index in [1.807, 2.05) is 13.8 Å². The van der Waals surface area contributed by atoms with Crippen LogP contribution in [0.25, 0.3) is 0 Å². The van der Waals surface area contributed by atoms with Gasteiger partial charge in [0.05, 0.1) is 10.9 Å². The van der Waals surface area contributed by atoms with Gasteiger partial charge < -0.3 is 4.74 Å². The summed E-state index contributed by atoms with van der Waals surface area (Å²) in [5, 5.41) is 0.652. The summed E-state index contributed by atoms with van der Waals surface area (Å²) in [4.78, 5) is 11.1. The number of ether oxygens (including phenoxy) is 1. The molecule has 1 unspecified atom stereocenters. The third-order valence-corrected chi connectivity index (χ3v) is 3.51. The molecule has 0 rings (SSSR count). The van der Waals surface area contributed by atoms with Gasteiger partial charge in [0.25, 0.3) is 0 Å². The Morgan fingerprint density at radius 1 is 1.58 bits per heavy atom. The highest BCUT2D eigenvalue weighted by Gasteiger charge is 2.17. The Bertz CT molecular complexity index is 178. The van der Waals surface area contributed by atoms with E-state index in [0.717, 1.165) is 0 Å². The zero-order valence-corrected chi connectivity index (χ0v) is 10.3. The predicted molar refractivity (Wildman–Crippen MR) is 56.9 cm³/mol. The SMILES string of the molecule is C=C(C(=O)OC(C)C)C(Br)CBr. The van der Waals surface area contributed by atoms with Crippen LogP contribution in [-0.2, 0) is 9.53 Å². The van der Waals surface area contributed by atoms with Gasteiger partial charge in [-0.05, 0) is 13.8 Å². The van der Waals surface area contributed by atoms with Crippen LogP contribution in [-0.4, -0.2) is 22.2 Å². The van der Waals surface area contributed by atoms with Crippen molar-refractivity contribution in [1.29, 1.82) is 0 Å². The number of hydrogen-bond donors (Lipinski definition) is 0. The molecule has 4 heteroatoms. The first-order valence-electron chi connectivity index (χ1n) is 3.58. The van der Waals surface area contributed by atoms with Gasteiger partial charge in [-0.25, -0.2) is 4.79 Å². The summed E-state index contributed by atoms with van der Waals surface area (Å²) in [5.41, 5.74) is 0.445. The fourth-order valence-corrected chi connectivity index (χ4v) is 1.09. The topological polar surface area (TPSA) is 26.3 Å². The maximum absolute atomic E-state index is 11.2. The second-order valence-corrected chi connectivity index (χ2v) is 4.35. The average Bonchev–Trinajstić information content (AvgIpc) is 2.00. The highest BCUT2D eigenvalue weighted by molar-refractivity contribution is 9.12. The summed E-state index contributed by atoms with van der Waals surface area (Å²) in [6.07, 6.45) is -0.0933. The minimum Gasteiger partial charge on any atom is -0.460 e. The van der Waals surface area contributed by atoms with Gasteiger partial charge in [-0.15, -0.1) is 0 Å². The zero-order chi connectivity index (χ0) is 9.72. The minimum absolute atomic E-state index is 0.0521. The first-order valence-corrected chi connectivity index (χ1v) is 5.62. The predicted octanol–water partition coefficient (Wildman–Crippen LogP) is 2.65. The van der Waals surface area contributed by atoms with Crippen molar-refractivity contribution in [2.24, 2.45) is 0 Å². The summed E-state index contributed by atoms with van der Waals surface area (Å²) in [6.45, 7) is 7.24. The van der Waals surface area contributed by atoms with Crippen molar-refractivity contribution in [1.82, 2.24) is 0 Å². The molecule has 12 heavy (non-hydrogen) atoms. The van der Waals surface area contributed by atoms with Crippen LogP contribution in [0.5, 0.6) is 0 Å². The molecule has 0 spiro atoms. The third kappa shape index (κ3) is 4.26. The fraction of sp³-hybridized carbons (Fsp3) is 0.625. The molecule has 0 bridgehead atoms. The molecule has 0 aromatic rings. The van der Waals surface area contributed by atoms with Crippen LogP contribution in [0.3, 0.4) is 0 Å². The van der Waals surface area contributed by atoms with Crippen molar-refractivity contribution in [3.63, 3.8) is 0 Å². The van der Waals surface area contributed by atoms with Crippen molar-refractivity contribution < 1.29 is 9.53 Å². The molecule has 0 aliphatic carbocycles. The maximum atomic E-state index is 11.2. The van der Waals surface area contributed by atoms with E-state index in [0.29, 0.717) is 10.9 Å². The molecule has 0 saturated heterocycles. The Hall–Kier alpha value is 0.170. The van der Waals surface area contributed by atoms with Gasteiger partial charge in [0.15, 0.2) is 0 Å². The first kappa shape index (κ1) is 12.2. The highest BCUT2D eigenvalue weighted by Crippen LogP contribution is 2.14. The molecular formula is C8H12Br2O2. The molecule has 0 radical (unpaired) electrons. The lowest BCUT2D eigenvalue weighted by Crippen LogP contribution is -2.19. The van der Waals surface area contributed by atoms with Gasteiger partial charge in [0, 0.05) is 10.9 Å². The lowest BCUT2D eigenvalue weighted by atomic mass is 10.2. The van der Waals surface area contributed by atoms with Crippen LogP contribution in [0, 0.1) is 0 Å². The van der Waals surface area contributed by atoms with Crippen molar-refractivity contribution in [3.8, 4) is 0 Å². The van der Waals surface area contributed by atoms with Crippen molar-refractivity contribution in [2.75, 3.05) is 5.33 Å². The van der Waals surface area contributed by atoms with Crippen molar-refractivity contribution in [2.45, 2.75) is 24.8 Å². The molecule has 0 amide bonds. The summed E-state index contributed by atoms with van der Waals surface area (Å²) < 4.78 is 4.95. The third-order valence-electron chi connectivity index (χ3n) is 1.12. The molecule has 1 atom stereocenters. The number of carbonyl (C=O) groups excluding carboxylic acids is 1. The largest absolute Gasteiger partial charge is 0.460 e. The number of halogens is 2. The van der Waals surface area contributed by atoms with Gasteiger partial charge in [-0.1, -0.05) is 38.4 Å². The number of hydrogen-bond acceptors (Lipinski definition) is 2. The summed E-state index contributed by atoms with van der Waals surface area (Å²) in [7, 11) is 0. The Balaban J connectivity index is 4.02. The average molecular weight is 300 g/mol. The van der Waals surface area contributed by atoms with Crippen molar-refractivity contribution >= 4 is 37.8 Å². The van der Waals surface area contributed by atoms with Crippen LogP contribution in [0.2, 0.25) is 0 Å². The molecule has 2 nitrogen and oxygen atoms in total. The fourth-order valence-electron chi connectivity index (χ4n) is 0.511. The van der Waals surface area contributed by atoms with E-state index in [2.05, 4.69) is 38.4 Å². The Labute approximate surface area is 89.6 Å². The number of alkyl halides is 2. The van der Waals surface area contributed by atoms with Gasteiger partial charge in [-0.3, -0.25) is 0 Å². The minimum atomic E-state index is -0.341. The first-order chi connectivity index (χ1) is 5.49. The normalized spacial score (nSPS) is 12.8. The van der Waals surface area contributed by atoms with Crippen LogP contribution >= 0.6 is 31.9 Å². The number of esters is 1. The molecule has 0 N–H and O–H groups in total. The Morgan fingerprint density at radius 2 is 2.08 bits per heavy atom. The molecule has 0 saturated carbocycles. The van der Waals surface area contributed by atoms with E-state index in [4.69, 9.17) is 4.74 Å². The lowest BCUT2D eigenvalue weighted by Gasteiger charge is -2.11. The standard InChI is InChI=1S/C8H12Br2O2/c1-5(2)12-8(11)6(3)7(10)4-9/h5,7H,3-4H2,1-2H3. The number of rotatable bonds is 4. The summed E-state index contributed by atoms with van der Waals surface area (Å²) >= 11 is 6.52. The van der Waals surface area contributed by atoms with Crippen LogP contribution in [0.15, 0.2) is 12.2 Å². The van der Waals surface area contributed by atoms with Crippen molar-refractivity contribution in [3.05, 3.63) is 12.2 Å². The van der Waals surface area contributed by atoms with Gasteiger partial charge in [0.2, 0.25) is 0 Å². The number of carbonyl (C=O) groups is 1. The van der Waals surface area contributed by atoms with E-state index >= 15 is 0 Å². The molecule has 70 valence electrons. The van der Waals surface area contributed by atoms with Crippen LogP contribution < -0.4 is 0 Å². The highest BCUT2D eigenvalue weighted by atomic mass is 79.9. The Morgan fingerprint density at radius 3 is 2.42 bits per heavy atom. The molecule has 0 aliphatic heterocycles. The Kier molecular flexibility index (Phi) is 5.84. The van der Waals surface area contributed by atoms with Crippen LogP contribution in [0.1, 0.15) is 13.8 Å². The summed E-state index contributed by atoms with van der Waals surface area (Å²) in [6, 6.07) is 0. The van der Waals surface area contributed by atoms with Gasteiger partial charge >= 0.3 is 5.97 Å². The zero-order valence-electron chi connectivity index (χ0n) is 7.14.